The standard InChI is InChI=1S/C17H18N2O3S/c1-12-6-8-16(9-7-12)23(21,22)19-15-5-3-4-14(11-15)10-13(2)17(18)20/h3-9,11,19H,2,10H2,1H3,(H2,18,20). The third kappa shape index (κ3) is 4.43. The molecule has 0 radical (unpaired) electrons. The van der Waals surface area contributed by atoms with Crippen molar-refractivity contribution in [3.05, 3.63) is 71.8 Å². The summed E-state index contributed by atoms with van der Waals surface area (Å²) in [5, 5.41) is 0. The average molecular weight is 330 g/mol. The number of amides is 1. The van der Waals surface area contributed by atoms with E-state index in [1.165, 1.54) is 0 Å². The molecule has 0 fully saturated rings. The summed E-state index contributed by atoms with van der Waals surface area (Å²) in [7, 11) is -3.66. The molecule has 0 heterocycles. The van der Waals surface area contributed by atoms with Crippen molar-refractivity contribution in [2.24, 2.45) is 5.73 Å². The van der Waals surface area contributed by atoms with Gasteiger partial charge in [0.1, 0.15) is 0 Å². The fourth-order valence-corrected chi connectivity index (χ4v) is 3.06. The summed E-state index contributed by atoms with van der Waals surface area (Å²) in [4.78, 5) is 11.2. The maximum Gasteiger partial charge on any atom is 0.261 e. The highest BCUT2D eigenvalue weighted by atomic mass is 32.2. The number of nitrogens with two attached hydrogens (primary N) is 1. The van der Waals surface area contributed by atoms with Gasteiger partial charge in [-0.1, -0.05) is 36.4 Å². The van der Waals surface area contributed by atoms with Gasteiger partial charge >= 0.3 is 0 Å². The molecular formula is C17H18N2O3S. The van der Waals surface area contributed by atoms with Crippen molar-refractivity contribution in [1.82, 2.24) is 0 Å². The predicted molar refractivity (Wildman–Crippen MR) is 90.5 cm³/mol. The first-order valence-corrected chi connectivity index (χ1v) is 8.42. The highest BCUT2D eigenvalue weighted by Crippen LogP contribution is 2.19. The molecule has 23 heavy (non-hydrogen) atoms. The van der Waals surface area contributed by atoms with Crippen LogP contribution in [0.25, 0.3) is 0 Å². The van der Waals surface area contributed by atoms with Gasteiger partial charge in [0.05, 0.1) is 4.90 Å². The second-order valence-electron chi connectivity index (χ2n) is 5.26. The quantitative estimate of drug-likeness (QED) is 0.797. The van der Waals surface area contributed by atoms with Crippen LogP contribution in [-0.2, 0) is 21.2 Å². The lowest BCUT2D eigenvalue weighted by atomic mass is 10.1. The van der Waals surface area contributed by atoms with Crippen molar-refractivity contribution in [2.45, 2.75) is 18.2 Å². The lowest BCUT2D eigenvalue weighted by Crippen LogP contribution is -2.15. The van der Waals surface area contributed by atoms with E-state index in [0.717, 1.165) is 11.1 Å². The minimum absolute atomic E-state index is 0.190. The number of rotatable bonds is 6. The van der Waals surface area contributed by atoms with Crippen LogP contribution >= 0.6 is 0 Å². The number of anilines is 1. The van der Waals surface area contributed by atoms with Crippen LogP contribution in [0, 0.1) is 6.92 Å². The zero-order valence-corrected chi connectivity index (χ0v) is 13.6. The first kappa shape index (κ1) is 16.8. The average Bonchev–Trinajstić information content (AvgIpc) is 2.47. The highest BCUT2D eigenvalue weighted by molar-refractivity contribution is 7.92. The number of primary amides is 1. The summed E-state index contributed by atoms with van der Waals surface area (Å²) >= 11 is 0. The number of sulfonamides is 1. The van der Waals surface area contributed by atoms with Crippen LogP contribution < -0.4 is 10.5 Å². The number of benzene rings is 2. The number of nitrogens with one attached hydrogen (secondary N) is 1. The topological polar surface area (TPSA) is 89.3 Å². The van der Waals surface area contributed by atoms with Crippen molar-refractivity contribution < 1.29 is 13.2 Å². The van der Waals surface area contributed by atoms with Gasteiger partial charge in [-0.3, -0.25) is 9.52 Å². The molecule has 1 amide bonds. The minimum Gasteiger partial charge on any atom is -0.366 e. The molecule has 6 heteroatoms. The summed E-state index contributed by atoms with van der Waals surface area (Å²) in [6, 6.07) is 13.4. The second kappa shape index (κ2) is 6.66. The van der Waals surface area contributed by atoms with E-state index in [9.17, 15) is 13.2 Å². The van der Waals surface area contributed by atoms with E-state index in [1.807, 2.05) is 6.92 Å². The Bertz CT molecular complexity index is 840. The van der Waals surface area contributed by atoms with Gasteiger partial charge in [-0.05, 0) is 36.8 Å². The van der Waals surface area contributed by atoms with Gasteiger partial charge in [-0.25, -0.2) is 8.42 Å². The summed E-state index contributed by atoms with van der Waals surface area (Å²) in [6.45, 7) is 5.48. The van der Waals surface area contributed by atoms with Crippen molar-refractivity contribution in [3.8, 4) is 0 Å². The molecule has 0 unspecified atom stereocenters. The Morgan fingerprint density at radius 2 is 1.83 bits per heavy atom. The van der Waals surface area contributed by atoms with Gasteiger partial charge in [-0.15, -0.1) is 0 Å². The van der Waals surface area contributed by atoms with Crippen molar-refractivity contribution >= 4 is 21.6 Å². The van der Waals surface area contributed by atoms with Crippen LogP contribution in [0.4, 0.5) is 5.69 Å². The number of aryl methyl sites for hydroxylation is 1. The first-order chi connectivity index (χ1) is 10.8. The zero-order chi connectivity index (χ0) is 17.0. The Hall–Kier alpha value is -2.60. The monoisotopic (exact) mass is 330 g/mol. The summed E-state index contributed by atoms with van der Waals surface area (Å²) < 4.78 is 27.2. The number of carbonyl (C=O) groups is 1. The molecule has 5 nitrogen and oxygen atoms in total. The maximum absolute atomic E-state index is 12.4. The number of hydrogen-bond acceptors (Lipinski definition) is 3. The molecule has 0 spiro atoms. The van der Waals surface area contributed by atoms with E-state index >= 15 is 0 Å². The van der Waals surface area contributed by atoms with Crippen molar-refractivity contribution in [3.63, 3.8) is 0 Å². The van der Waals surface area contributed by atoms with Crippen LogP contribution in [0.1, 0.15) is 11.1 Å². The maximum atomic E-state index is 12.4. The van der Waals surface area contributed by atoms with E-state index in [0.29, 0.717) is 5.69 Å². The first-order valence-electron chi connectivity index (χ1n) is 6.94. The molecule has 0 atom stereocenters. The van der Waals surface area contributed by atoms with E-state index in [-0.39, 0.29) is 16.9 Å². The zero-order valence-electron chi connectivity index (χ0n) is 12.7. The minimum atomic E-state index is -3.66. The Morgan fingerprint density at radius 1 is 1.17 bits per heavy atom. The van der Waals surface area contributed by atoms with Crippen LogP contribution in [0.15, 0.2) is 65.6 Å². The highest BCUT2D eigenvalue weighted by Gasteiger charge is 2.14. The third-order valence-corrected chi connectivity index (χ3v) is 4.67. The Kier molecular flexibility index (Phi) is 4.86. The molecule has 0 aliphatic rings. The molecule has 0 bridgehead atoms. The molecule has 0 aliphatic carbocycles. The third-order valence-electron chi connectivity index (χ3n) is 3.28. The molecule has 0 saturated carbocycles. The second-order valence-corrected chi connectivity index (χ2v) is 6.95. The van der Waals surface area contributed by atoms with Gasteiger partial charge in [0.25, 0.3) is 10.0 Å². The van der Waals surface area contributed by atoms with Gasteiger partial charge in [0, 0.05) is 17.7 Å². The summed E-state index contributed by atoms with van der Waals surface area (Å²) in [6.07, 6.45) is 0.273. The fraction of sp³-hybridized carbons (Fsp3) is 0.118. The van der Waals surface area contributed by atoms with Crippen molar-refractivity contribution in [1.29, 1.82) is 0 Å². The molecule has 2 rings (SSSR count). The van der Waals surface area contributed by atoms with E-state index in [2.05, 4.69) is 11.3 Å². The van der Waals surface area contributed by atoms with Crippen LogP contribution in [0.2, 0.25) is 0 Å². The molecule has 120 valence electrons. The Labute approximate surface area is 135 Å². The fourth-order valence-electron chi connectivity index (χ4n) is 2.01. The van der Waals surface area contributed by atoms with E-state index < -0.39 is 15.9 Å². The Morgan fingerprint density at radius 3 is 2.43 bits per heavy atom. The van der Waals surface area contributed by atoms with Crippen molar-refractivity contribution in [2.75, 3.05) is 4.72 Å². The molecular weight excluding hydrogens is 312 g/mol. The van der Waals surface area contributed by atoms with Crippen LogP contribution in [0.5, 0.6) is 0 Å². The lowest BCUT2D eigenvalue weighted by Gasteiger charge is -2.10. The van der Waals surface area contributed by atoms with E-state index in [4.69, 9.17) is 5.73 Å². The summed E-state index contributed by atoms with van der Waals surface area (Å²) in [5.41, 5.74) is 7.58. The van der Waals surface area contributed by atoms with Gasteiger partial charge < -0.3 is 5.73 Å². The summed E-state index contributed by atoms with van der Waals surface area (Å²) in [5.74, 6) is -0.573. The molecule has 3 N–H and O–H groups in total. The molecule has 2 aromatic rings. The molecule has 2 aromatic carbocycles. The Balaban J connectivity index is 2.21. The van der Waals surface area contributed by atoms with Gasteiger partial charge in [0.15, 0.2) is 0 Å². The van der Waals surface area contributed by atoms with Gasteiger partial charge in [0.2, 0.25) is 5.91 Å². The van der Waals surface area contributed by atoms with Crippen LogP contribution in [0.3, 0.4) is 0 Å². The normalized spacial score (nSPS) is 11.0. The molecule has 0 aliphatic heterocycles. The molecule has 0 saturated heterocycles. The van der Waals surface area contributed by atoms with E-state index in [1.54, 1.807) is 48.5 Å². The number of carbonyl (C=O) groups excluding carboxylic acids is 1. The van der Waals surface area contributed by atoms with Crippen LogP contribution in [-0.4, -0.2) is 14.3 Å². The molecule has 0 aromatic heterocycles. The van der Waals surface area contributed by atoms with Gasteiger partial charge in [-0.2, -0.15) is 0 Å². The number of hydrogen-bond donors (Lipinski definition) is 2. The largest absolute Gasteiger partial charge is 0.366 e. The smallest absolute Gasteiger partial charge is 0.261 e. The SMILES string of the molecule is C=C(Cc1cccc(NS(=O)(=O)c2ccc(C)cc2)c1)C(N)=O. The lowest BCUT2D eigenvalue weighted by molar-refractivity contribution is -0.114. The predicted octanol–water partition coefficient (Wildman–Crippen LogP) is 2.38.